The van der Waals surface area contributed by atoms with Gasteiger partial charge in [0.05, 0.1) is 22.5 Å². The van der Waals surface area contributed by atoms with E-state index in [1.54, 1.807) is 6.20 Å². The number of carbonyl (C=O) groups excluding carboxylic acids is 1. The van der Waals surface area contributed by atoms with Gasteiger partial charge >= 0.3 is 0 Å². The van der Waals surface area contributed by atoms with Crippen LogP contribution in [0.3, 0.4) is 0 Å². The number of benzene rings is 2. The number of hydrogen-bond acceptors (Lipinski definition) is 4. The summed E-state index contributed by atoms with van der Waals surface area (Å²) in [6.07, 6.45) is 5.45. The fraction of sp³-hybridized carbons (Fsp3) is 0.300. The summed E-state index contributed by atoms with van der Waals surface area (Å²) in [5.41, 5.74) is 6.40. The van der Waals surface area contributed by atoms with Gasteiger partial charge in [0.15, 0.2) is 0 Å². The Bertz CT molecular complexity index is 1320. The van der Waals surface area contributed by atoms with Crippen molar-refractivity contribution in [3.63, 3.8) is 0 Å². The van der Waals surface area contributed by atoms with E-state index in [0.717, 1.165) is 40.1 Å². The lowest BCUT2D eigenvalue weighted by molar-refractivity contribution is 0.0939. The van der Waals surface area contributed by atoms with Crippen molar-refractivity contribution >= 4 is 22.5 Å². The first-order chi connectivity index (χ1) is 17.0. The summed E-state index contributed by atoms with van der Waals surface area (Å²) in [5, 5.41) is 4.01. The molecule has 2 atom stereocenters. The lowest BCUT2D eigenvalue weighted by Gasteiger charge is -2.38. The molecule has 2 aromatic heterocycles. The fourth-order valence-electron chi connectivity index (χ4n) is 4.93. The molecule has 3 heterocycles. The molecule has 0 bridgehead atoms. The summed E-state index contributed by atoms with van der Waals surface area (Å²) in [7, 11) is 0. The van der Waals surface area contributed by atoms with Crippen molar-refractivity contribution in [3.05, 3.63) is 89.7 Å². The molecule has 0 saturated carbocycles. The van der Waals surface area contributed by atoms with Gasteiger partial charge in [-0.1, -0.05) is 42.3 Å². The number of aromatic nitrogens is 2. The number of carbonyl (C=O) groups is 1. The summed E-state index contributed by atoms with van der Waals surface area (Å²) in [6, 6.07) is 23.2. The predicted molar refractivity (Wildman–Crippen MR) is 142 cm³/mol. The highest BCUT2D eigenvalue weighted by Gasteiger charge is 2.24. The highest BCUT2D eigenvalue weighted by molar-refractivity contribution is 6.05. The van der Waals surface area contributed by atoms with Crippen LogP contribution < -0.4 is 5.32 Å². The molecular weight excluding hydrogens is 432 g/mol. The number of piperidine rings is 1. The number of fused-ring (bicyclic) bond motifs is 1. The van der Waals surface area contributed by atoms with Crippen molar-refractivity contribution in [3.8, 4) is 11.3 Å². The molecule has 5 nitrogen and oxygen atoms in total. The molecule has 178 valence electrons. The smallest absolute Gasteiger partial charge is 0.257 e. The van der Waals surface area contributed by atoms with Crippen LogP contribution in [0.15, 0.2) is 72.9 Å². The summed E-state index contributed by atoms with van der Waals surface area (Å²) in [5.74, 6) is -0.176. The zero-order chi connectivity index (χ0) is 24.4. The molecule has 2 aromatic carbocycles. The maximum atomic E-state index is 12.8. The molecule has 5 rings (SSSR count). The number of hydrogen-bond donors (Lipinski definition) is 1. The first kappa shape index (κ1) is 23.2. The van der Waals surface area contributed by atoms with E-state index in [1.807, 2.05) is 42.5 Å². The normalized spacial score (nSPS) is 18.5. The molecule has 1 fully saturated rings. The van der Waals surface area contributed by atoms with Crippen molar-refractivity contribution < 1.29 is 4.79 Å². The second-order valence-corrected chi connectivity index (χ2v) is 9.76. The Kier molecular flexibility index (Phi) is 6.60. The third-order valence-corrected chi connectivity index (χ3v) is 7.10. The van der Waals surface area contributed by atoms with E-state index in [-0.39, 0.29) is 5.91 Å². The Morgan fingerprint density at radius 3 is 2.46 bits per heavy atom. The van der Waals surface area contributed by atoms with Crippen LogP contribution in [0.5, 0.6) is 0 Å². The van der Waals surface area contributed by atoms with Crippen molar-refractivity contribution in [1.82, 2.24) is 14.9 Å². The minimum atomic E-state index is -0.176. The quantitative estimate of drug-likeness (QED) is 0.361. The van der Waals surface area contributed by atoms with Crippen LogP contribution in [0.4, 0.5) is 5.69 Å². The van der Waals surface area contributed by atoms with Gasteiger partial charge in [-0.05, 0) is 70.0 Å². The Morgan fingerprint density at radius 2 is 1.74 bits per heavy atom. The van der Waals surface area contributed by atoms with Gasteiger partial charge in [0, 0.05) is 41.5 Å². The molecule has 0 radical (unpaired) electrons. The van der Waals surface area contributed by atoms with Crippen molar-refractivity contribution in [2.24, 2.45) is 0 Å². The third-order valence-electron chi connectivity index (χ3n) is 7.10. The number of rotatable bonds is 5. The van der Waals surface area contributed by atoms with E-state index in [9.17, 15) is 4.79 Å². The molecule has 35 heavy (non-hydrogen) atoms. The molecule has 5 heteroatoms. The van der Waals surface area contributed by atoms with Crippen molar-refractivity contribution in [2.45, 2.75) is 58.7 Å². The Hall–Kier alpha value is -3.57. The zero-order valence-electron chi connectivity index (χ0n) is 20.7. The average Bonchev–Trinajstić information content (AvgIpc) is 2.87. The number of aryl methyl sites for hydroxylation is 1. The lowest BCUT2D eigenvalue weighted by Crippen LogP contribution is -2.43. The maximum Gasteiger partial charge on any atom is 0.257 e. The highest BCUT2D eigenvalue weighted by atomic mass is 16.1. The summed E-state index contributed by atoms with van der Waals surface area (Å²) >= 11 is 0. The standard InChI is InChI=1S/C30H32N4O/c1-20-7-9-23(10-8-20)28-15-12-25(18-31-28)30(35)33-26-14-16-29-24(17-26)11-13-27(32-29)19-34-21(2)5-4-6-22(34)3/h7-18,21-22H,4-6,19H2,1-3H3,(H,33,35). The van der Waals surface area contributed by atoms with Crippen molar-refractivity contribution in [2.75, 3.05) is 5.32 Å². The number of nitrogens with zero attached hydrogens (tertiary/aromatic N) is 3. The van der Waals surface area contributed by atoms with Gasteiger partial charge in [0.1, 0.15) is 0 Å². The van der Waals surface area contributed by atoms with Gasteiger partial charge < -0.3 is 5.32 Å². The van der Waals surface area contributed by atoms with E-state index in [1.165, 1.54) is 24.8 Å². The maximum absolute atomic E-state index is 12.8. The van der Waals surface area contributed by atoms with Crippen LogP contribution in [0.2, 0.25) is 0 Å². The van der Waals surface area contributed by atoms with Crippen LogP contribution in [-0.2, 0) is 6.54 Å². The molecule has 4 aromatic rings. The minimum absolute atomic E-state index is 0.176. The second-order valence-electron chi connectivity index (χ2n) is 9.76. The topological polar surface area (TPSA) is 58.1 Å². The number of amides is 1. The summed E-state index contributed by atoms with van der Waals surface area (Å²) < 4.78 is 0. The van der Waals surface area contributed by atoms with Gasteiger partial charge in [-0.15, -0.1) is 0 Å². The van der Waals surface area contributed by atoms with E-state index >= 15 is 0 Å². The summed E-state index contributed by atoms with van der Waals surface area (Å²) in [4.78, 5) is 24.7. The third kappa shape index (κ3) is 5.25. The molecular formula is C30H32N4O. The second kappa shape index (κ2) is 9.96. The fourth-order valence-corrected chi connectivity index (χ4v) is 4.93. The van der Waals surface area contributed by atoms with E-state index in [0.29, 0.717) is 17.6 Å². The zero-order valence-corrected chi connectivity index (χ0v) is 20.7. The molecule has 2 unspecified atom stereocenters. The molecule has 1 aliphatic rings. The molecule has 0 spiro atoms. The monoisotopic (exact) mass is 464 g/mol. The van der Waals surface area contributed by atoms with Gasteiger partial charge in [0.25, 0.3) is 5.91 Å². The van der Waals surface area contributed by atoms with Gasteiger partial charge in [-0.2, -0.15) is 0 Å². The molecule has 1 amide bonds. The Labute approximate surface area is 207 Å². The van der Waals surface area contributed by atoms with Crippen LogP contribution in [0, 0.1) is 6.92 Å². The lowest BCUT2D eigenvalue weighted by atomic mass is 9.97. The SMILES string of the molecule is Cc1ccc(-c2ccc(C(=O)Nc3ccc4nc(CN5C(C)CCCC5C)ccc4c3)cn2)cc1. The summed E-state index contributed by atoms with van der Waals surface area (Å²) in [6.45, 7) is 7.57. The van der Waals surface area contributed by atoms with Crippen molar-refractivity contribution in [1.29, 1.82) is 0 Å². The Morgan fingerprint density at radius 1 is 0.971 bits per heavy atom. The largest absolute Gasteiger partial charge is 0.322 e. The molecule has 1 saturated heterocycles. The molecule has 1 N–H and O–H groups in total. The molecule has 0 aliphatic carbocycles. The predicted octanol–water partition coefficient (Wildman–Crippen LogP) is 6.62. The minimum Gasteiger partial charge on any atom is -0.322 e. The van der Waals surface area contributed by atoms with E-state index in [4.69, 9.17) is 4.98 Å². The highest BCUT2D eigenvalue weighted by Crippen LogP contribution is 2.26. The number of pyridine rings is 2. The van der Waals surface area contributed by atoms with Crippen LogP contribution >= 0.6 is 0 Å². The average molecular weight is 465 g/mol. The van der Waals surface area contributed by atoms with Gasteiger partial charge in [-0.25, -0.2) is 0 Å². The Balaban J connectivity index is 1.27. The van der Waals surface area contributed by atoms with Crippen LogP contribution in [-0.4, -0.2) is 32.9 Å². The van der Waals surface area contributed by atoms with E-state index < -0.39 is 0 Å². The first-order valence-electron chi connectivity index (χ1n) is 12.5. The van der Waals surface area contributed by atoms with Crippen LogP contribution in [0.1, 0.15) is 54.7 Å². The van der Waals surface area contributed by atoms with E-state index in [2.05, 4.69) is 60.2 Å². The van der Waals surface area contributed by atoms with Gasteiger partial charge in [-0.3, -0.25) is 19.7 Å². The first-order valence-corrected chi connectivity index (χ1v) is 12.5. The van der Waals surface area contributed by atoms with Crippen LogP contribution in [0.25, 0.3) is 22.2 Å². The number of anilines is 1. The molecule has 1 aliphatic heterocycles. The van der Waals surface area contributed by atoms with Gasteiger partial charge in [0.2, 0.25) is 0 Å². The number of nitrogens with one attached hydrogen (secondary N) is 1. The number of likely N-dealkylation sites (tertiary alicyclic amines) is 1.